The van der Waals surface area contributed by atoms with Gasteiger partial charge in [0.05, 0.1) is 0 Å². The molecule has 7 nitrogen and oxygen atoms in total. The lowest BCUT2D eigenvalue weighted by Gasteiger charge is -2.35. The maximum absolute atomic E-state index is 12.7. The number of aryl methyl sites for hydroxylation is 4. The SMILES string of the molecule is Cc1ccc(Nc2nc(C)cc(N3CCN(C(=O)Nc4ccc(C)c(C)c4)CC3)n2)cc1. The van der Waals surface area contributed by atoms with Gasteiger partial charge in [-0.15, -0.1) is 0 Å². The second-order valence-corrected chi connectivity index (χ2v) is 8.39. The minimum Gasteiger partial charge on any atom is -0.353 e. The highest BCUT2D eigenvalue weighted by molar-refractivity contribution is 5.89. The van der Waals surface area contributed by atoms with E-state index in [2.05, 4.69) is 53.4 Å². The molecule has 32 heavy (non-hydrogen) atoms. The van der Waals surface area contributed by atoms with E-state index in [4.69, 9.17) is 4.98 Å². The Morgan fingerprint density at radius 3 is 2.19 bits per heavy atom. The number of anilines is 4. The van der Waals surface area contributed by atoms with Gasteiger partial charge in [-0.2, -0.15) is 4.98 Å². The molecule has 0 saturated carbocycles. The zero-order valence-electron chi connectivity index (χ0n) is 19.1. The molecule has 0 bridgehead atoms. The third kappa shape index (κ3) is 5.17. The summed E-state index contributed by atoms with van der Waals surface area (Å²) in [5.41, 5.74) is 6.29. The summed E-state index contributed by atoms with van der Waals surface area (Å²) < 4.78 is 0. The number of carbonyl (C=O) groups excluding carboxylic acids is 1. The molecule has 0 radical (unpaired) electrons. The number of piperazine rings is 1. The molecule has 3 aromatic rings. The van der Waals surface area contributed by atoms with Crippen molar-refractivity contribution in [3.8, 4) is 0 Å². The summed E-state index contributed by atoms with van der Waals surface area (Å²) in [5, 5.41) is 6.31. The largest absolute Gasteiger partial charge is 0.353 e. The number of hydrogen-bond donors (Lipinski definition) is 2. The molecule has 2 aromatic carbocycles. The fourth-order valence-corrected chi connectivity index (χ4v) is 3.70. The van der Waals surface area contributed by atoms with E-state index in [0.29, 0.717) is 19.0 Å². The Balaban J connectivity index is 1.38. The Hall–Kier alpha value is -3.61. The van der Waals surface area contributed by atoms with Crippen molar-refractivity contribution in [1.82, 2.24) is 14.9 Å². The highest BCUT2D eigenvalue weighted by atomic mass is 16.2. The number of carbonyl (C=O) groups is 1. The van der Waals surface area contributed by atoms with Crippen molar-refractivity contribution in [2.75, 3.05) is 41.7 Å². The van der Waals surface area contributed by atoms with Crippen molar-refractivity contribution in [1.29, 1.82) is 0 Å². The van der Waals surface area contributed by atoms with E-state index >= 15 is 0 Å². The Labute approximate surface area is 189 Å². The molecule has 4 rings (SSSR count). The first-order valence-electron chi connectivity index (χ1n) is 10.9. The van der Waals surface area contributed by atoms with Crippen LogP contribution in [0.25, 0.3) is 0 Å². The third-order valence-corrected chi connectivity index (χ3v) is 5.80. The first kappa shape index (κ1) is 21.6. The molecule has 1 aliphatic heterocycles. The smallest absolute Gasteiger partial charge is 0.321 e. The summed E-state index contributed by atoms with van der Waals surface area (Å²) >= 11 is 0. The van der Waals surface area contributed by atoms with Crippen molar-refractivity contribution < 1.29 is 4.79 Å². The molecule has 1 fully saturated rings. The Morgan fingerprint density at radius 2 is 1.50 bits per heavy atom. The van der Waals surface area contributed by atoms with Gasteiger partial charge in [0.25, 0.3) is 0 Å². The summed E-state index contributed by atoms with van der Waals surface area (Å²) in [5.74, 6) is 1.46. The van der Waals surface area contributed by atoms with Crippen LogP contribution in [0.4, 0.5) is 27.9 Å². The van der Waals surface area contributed by atoms with Gasteiger partial charge in [-0.25, -0.2) is 9.78 Å². The fourth-order valence-electron chi connectivity index (χ4n) is 3.70. The van der Waals surface area contributed by atoms with Crippen molar-refractivity contribution in [3.63, 3.8) is 0 Å². The van der Waals surface area contributed by atoms with Crippen molar-refractivity contribution in [3.05, 3.63) is 70.9 Å². The molecule has 2 N–H and O–H groups in total. The lowest BCUT2D eigenvalue weighted by Crippen LogP contribution is -2.50. The Bertz CT molecular complexity index is 1100. The summed E-state index contributed by atoms with van der Waals surface area (Å²) in [7, 11) is 0. The van der Waals surface area contributed by atoms with Crippen molar-refractivity contribution >= 4 is 29.2 Å². The highest BCUT2D eigenvalue weighted by Crippen LogP contribution is 2.21. The number of nitrogens with one attached hydrogen (secondary N) is 2. The van der Waals surface area contributed by atoms with Crippen LogP contribution in [0.1, 0.15) is 22.4 Å². The van der Waals surface area contributed by atoms with Gasteiger partial charge in [0.2, 0.25) is 5.95 Å². The molecule has 1 saturated heterocycles. The Morgan fingerprint density at radius 1 is 0.812 bits per heavy atom. The van der Waals surface area contributed by atoms with Crippen LogP contribution in [-0.2, 0) is 0 Å². The summed E-state index contributed by atoms with van der Waals surface area (Å²) in [6.07, 6.45) is 0. The van der Waals surface area contributed by atoms with Crippen LogP contribution in [0.2, 0.25) is 0 Å². The molecule has 166 valence electrons. The molecule has 0 aliphatic carbocycles. The maximum atomic E-state index is 12.7. The summed E-state index contributed by atoms with van der Waals surface area (Å²) in [6, 6.07) is 16.1. The van der Waals surface area contributed by atoms with Crippen LogP contribution >= 0.6 is 0 Å². The average molecular weight is 431 g/mol. The number of aromatic nitrogens is 2. The van der Waals surface area contributed by atoms with E-state index in [-0.39, 0.29) is 6.03 Å². The average Bonchev–Trinajstić information content (AvgIpc) is 2.77. The number of rotatable bonds is 4. The molecule has 2 amide bonds. The van der Waals surface area contributed by atoms with Gasteiger partial charge in [0.1, 0.15) is 5.82 Å². The first-order valence-corrected chi connectivity index (χ1v) is 10.9. The molecule has 1 aliphatic rings. The van der Waals surface area contributed by atoms with Gasteiger partial charge < -0.3 is 20.4 Å². The lowest BCUT2D eigenvalue weighted by molar-refractivity contribution is 0.208. The van der Waals surface area contributed by atoms with E-state index in [1.54, 1.807) is 0 Å². The second kappa shape index (κ2) is 9.26. The Kier molecular flexibility index (Phi) is 6.25. The zero-order chi connectivity index (χ0) is 22.7. The predicted octanol–water partition coefficient (Wildman–Crippen LogP) is 4.81. The highest BCUT2D eigenvalue weighted by Gasteiger charge is 2.22. The number of benzene rings is 2. The monoisotopic (exact) mass is 430 g/mol. The first-order chi connectivity index (χ1) is 15.4. The summed E-state index contributed by atoms with van der Waals surface area (Å²) in [6.45, 7) is 10.9. The fraction of sp³-hybridized carbons (Fsp3) is 0.320. The molecule has 0 atom stereocenters. The van der Waals surface area contributed by atoms with Crippen LogP contribution in [0, 0.1) is 27.7 Å². The van der Waals surface area contributed by atoms with E-state index in [1.165, 1.54) is 16.7 Å². The number of hydrogen-bond acceptors (Lipinski definition) is 5. The van der Waals surface area contributed by atoms with Gasteiger partial charge in [0, 0.05) is 49.3 Å². The molecule has 1 aromatic heterocycles. The molecule has 7 heteroatoms. The van der Waals surface area contributed by atoms with E-state index in [0.717, 1.165) is 36.0 Å². The van der Waals surface area contributed by atoms with Crippen LogP contribution in [0.5, 0.6) is 0 Å². The molecule has 0 unspecified atom stereocenters. The number of amides is 2. The van der Waals surface area contributed by atoms with Gasteiger partial charge in [-0.3, -0.25) is 0 Å². The number of urea groups is 1. The van der Waals surface area contributed by atoms with Gasteiger partial charge in [-0.1, -0.05) is 23.8 Å². The van der Waals surface area contributed by atoms with E-state index in [1.807, 2.05) is 48.2 Å². The molecular weight excluding hydrogens is 400 g/mol. The molecule has 0 spiro atoms. The minimum atomic E-state index is -0.0616. The van der Waals surface area contributed by atoms with Gasteiger partial charge >= 0.3 is 6.03 Å². The van der Waals surface area contributed by atoms with Crippen molar-refractivity contribution in [2.24, 2.45) is 0 Å². The maximum Gasteiger partial charge on any atom is 0.321 e. The van der Waals surface area contributed by atoms with Crippen LogP contribution < -0.4 is 15.5 Å². The van der Waals surface area contributed by atoms with Crippen LogP contribution in [0.15, 0.2) is 48.5 Å². The topological polar surface area (TPSA) is 73.4 Å². The molecule has 2 heterocycles. The molecular formula is C25H30N6O. The normalized spacial score (nSPS) is 13.8. The van der Waals surface area contributed by atoms with Crippen LogP contribution in [-0.4, -0.2) is 47.1 Å². The summed E-state index contributed by atoms with van der Waals surface area (Å²) in [4.78, 5) is 26.0. The standard InChI is InChI=1S/C25H30N6O/c1-17-5-8-21(9-6-17)27-24-26-20(4)16-23(29-24)30-11-13-31(14-12-30)25(32)28-22-10-7-18(2)19(3)15-22/h5-10,15-16H,11-14H2,1-4H3,(H,28,32)(H,26,27,29). The predicted molar refractivity (Wildman–Crippen MR) is 130 cm³/mol. The number of nitrogens with zero attached hydrogens (tertiary/aromatic N) is 4. The zero-order valence-corrected chi connectivity index (χ0v) is 19.1. The van der Waals surface area contributed by atoms with Crippen molar-refractivity contribution in [2.45, 2.75) is 27.7 Å². The van der Waals surface area contributed by atoms with Gasteiger partial charge in [-0.05, 0) is 63.1 Å². The quantitative estimate of drug-likeness (QED) is 0.622. The van der Waals surface area contributed by atoms with E-state index < -0.39 is 0 Å². The lowest BCUT2D eigenvalue weighted by atomic mass is 10.1. The van der Waals surface area contributed by atoms with E-state index in [9.17, 15) is 4.79 Å². The second-order valence-electron chi connectivity index (χ2n) is 8.39. The van der Waals surface area contributed by atoms with Crippen LogP contribution in [0.3, 0.4) is 0 Å². The van der Waals surface area contributed by atoms with Gasteiger partial charge in [0.15, 0.2) is 0 Å². The minimum absolute atomic E-state index is 0.0616. The third-order valence-electron chi connectivity index (χ3n) is 5.80.